The molecule has 0 spiro atoms. The van der Waals surface area contributed by atoms with Crippen LogP contribution in [0, 0.1) is 5.41 Å². The number of hydrogen-bond acceptors (Lipinski definition) is 22. The number of nitrogens with two attached hydrogens (primary N) is 1. The average Bonchev–Trinajstić information content (AvgIpc) is 3.96. The molecule has 24 nitrogen and oxygen atoms in total. The molecule has 0 radical (unpaired) electrons. The maximum atomic E-state index is 12.7. The fourth-order valence-corrected chi connectivity index (χ4v) is 10.6. The molecule has 1 saturated heterocycles. The zero-order chi connectivity index (χ0) is 56.7. The topological polar surface area (TPSA) is 375 Å². The number of anilines is 1. The Bertz CT molecular complexity index is 2470. The van der Waals surface area contributed by atoms with Crippen molar-refractivity contribution in [2.75, 3.05) is 37.8 Å². The number of aliphatic hydroxyl groups is 2. The van der Waals surface area contributed by atoms with Crippen molar-refractivity contribution >= 4 is 69.1 Å². The molecular formula is C49H74N7O17P3S-4. The van der Waals surface area contributed by atoms with E-state index in [0.29, 0.717) is 5.75 Å². The van der Waals surface area contributed by atoms with E-state index in [2.05, 4.69) is 111 Å². The Morgan fingerprint density at radius 3 is 2.00 bits per heavy atom. The van der Waals surface area contributed by atoms with Crippen LogP contribution in [0.15, 0.2) is 85.6 Å². The number of carbonyl (C=O) groups is 3. The van der Waals surface area contributed by atoms with E-state index in [1.807, 2.05) is 6.08 Å². The normalized spacial score (nSPS) is 19.6. The van der Waals surface area contributed by atoms with Crippen molar-refractivity contribution in [2.24, 2.45) is 5.41 Å². The summed E-state index contributed by atoms with van der Waals surface area (Å²) in [5, 5.41) is 26.3. The van der Waals surface area contributed by atoms with Gasteiger partial charge in [0.15, 0.2) is 17.7 Å². The zero-order valence-electron chi connectivity index (χ0n) is 43.7. The second kappa shape index (κ2) is 35.6. The Morgan fingerprint density at radius 1 is 0.818 bits per heavy atom. The third-order valence-corrected chi connectivity index (χ3v) is 15.2. The van der Waals surface area contributed by atoms with Crippen molar-refractivity contribution in [1.29, 1.82) is 0 Å². The number of rotatable bonds is 39. The first kappa shape index (κ1) is 67.3. The van der Waals surface area contributed by atoms with Crippen LogP contribution in [-0.2, 0) is 50.7 Å². The lowest BCUT2D eigenvalue weighted by molar-refractivity contribution is -0.347. The van der Waals surface area contributed by atoms with E-state index in [1.165, 1.54) is 45.6 Å². The molecule has 0 aliphatic carbocycles. The number of hydrogen-bond donors (Lipinski definition) is 5. The minimum absolute atomic E-state index is 0.0214. The summed E-state index contributed by atoms with van der Waals surface area (Å²) >= 11 is 1.05. The van der Waals surface area contributed by atoms with Crippen molar-refractivity contribution in [1.82, 2.24) is 30.2 Å². The number of nitrogens with zero attached hydrogens (tertiary/aromatic N) is 4. The van der Waals surface area contributed by atoms with Crippen LogP contribution in [0.25, 0.3) is 11.2 Å². The Hall–Kier alpha value is -4.00. The molecule has 0 saturated carbocycles. The molecule has 2 amide bonds. The van der Waals surface area contributed by atoms with Crippen LogP contribution in [0.4, 0.5) is 5.82 Å². The van der Waals surface area contributed by atoms with E-state index in [0.717, 1.165) is 93.2 Å². The predicted octanol–water partition coefficient (Wildman–Crippen LogP) is 4.96. The monoisotopic (exact) mass is 1160 g/mol. The lowest BCUT2D eigenvalue weighted by Crippen LogP contribution is -2.46. The zero-order valence-corrected chi connectivity index (χ0v) is 47.2. The molecule has 0 bridgehead atoms. The van der Waals surface area contributed by atoms with Gasteiger partial charge in [-0.15, -0.1) is 0 Å². The third-order valence-electron chi connectivity index (χ3n) is 11.4. The Kier molecular flexibility index (Phi) is 31.1. The average molecular weight is 1160 g/mol. The number of ether oxygens (including phenoxy) is 1. The van der Waals surface area contributed by atoms with Gasteiger partial charge in [-0.05, 0) is 63.9 Å². The van der Waals surface area contributed by atoms with Gasteiger partial charge in [-0.1, -0.05) is 131 Å². The molecule has 432 valence electrons. The molecule has 1 aliphatic heterocycles. The van der Waals surface area contributed by atoms with Crippen LogP contribution < -0.4 is 35.9 Å². The number of phosphoric acid groups is 3. The molecule has 3 heterocycles. The van der Waals surface area contributed by atoms with Crippen LogP contribution in [0.5, 0.6) is 0 Å². The van der Waals surface area contributed by atoms with Crippen molar-refractivity contribution in [2.45, 2.75) is 148 Å². The van der Waals surface area contributed by atoms with Crippen LogP contribution >= 0.6 is 35.2 Å². The minimum atomic E-state index is -5.93. The fraction of sp³-hybridized carbons (Fsp3) is 0.592. The minimum Gasteiger partial charge on any atom is -0.790 e. The highest BCUT2D eigenvalue weighted by atomic mass is 32.2. The van der Waals surface area contributed by atoms with E-state index in [1.54, 1.807) is 0 Å². The maximum absolute atomic E-state index is 12.7. The van der Waals surface area contributed by atoms with Gasteiger partial charge in [0.1, 0.15) is 36.3 Å². The summed E-state index contributed by atoms with van der Waals surface area (Å²) in [6.45, 7) is 2.23. The van der Waals surface area contributed by atoms with E-state index in [9.17, 15) is 57.9 Å². The molecule has 7 atom stereocenters. The Morgan fingerprint density at radius 2 is 1.39 bits per heavy atom. The highest BCUT2D eigenvalue weighted by Crippen LogP contribution is 2.56. The van der Waals surface area contributed by atoms with E-state index in [4.69, 9.17) is 10.5 Å². The first-order valence-electron chi connectivity index (χ1n) is 25.5. The van der Waals surface area contributed by atoms with Gasteiger partial charge in [-0.25, -0.2) is 19.3 Å². The van der Waals surface area contributed by atoms with E-state index >= 15 is 0 Å². The van der Waals surface area contributed by atoms with Gasteiger partial charge in [0, 0.05) is 30.7 Å². The molecule has 3 rings (SSSR count). The molecule has 2 unspecified atom stereocenters. The first-order valence-corrected chi connectivity index (χ1v) is 30.8. The number of imidazole rings is 1. The number of amides is 2. The van der Waals surface area contributed by atoms with Gasteiger partial charge in [-0.2, -0.15) is 0 Å². The van der Waals surface area contributed by atoms with Crippen LogP contribution in [0.2, 0.25) is 0 Å². The molecule has 77 heavy (non-hydrogen) atoms. The second-order valence-corrected chi connectivity index (χ2v) is 23.5. The lowest BCUT2D eigenvalue weighted by Gasteiger charge is -2.36. The summed E-state index contributed by atoms with van der Waals surface area (Å²) in [7, 11) is -17.6. The van der Waals surface area contributed by atoms with Crippen molar-refractivity contribution in [3.63, 3.8) is 0 Å². The maximum Gasteiger partial charge on any atom is 0.274 e. The van der Waals surface area contributed by atoms with Crippen molar-refractivity contribution in [3.8, 4) is 0 Å². The number of allylic oxidation sites excluding steroid dienone is 11. The second-order valence-electron chi connectivity index (χ2n) is 18.3. The SMILES string of the molecule is CC/C=C\C/C=C\C/C=C\C/C=C\C/C=C\CCCCCCCCC/C=C/C(=O)SCCNC(=O)CCNC(=O)[C@H](O)C(C)(C)COP(=O)([O-])OP(=O)([O-])OC[C@H]1O[C@@H](n2cnc3c(N)ncnc32)[C@H](O)[C@@H]1OP(=O)([O-])[O-]. The third kappa shape index (κ3) is 27.6. The number of nitrogen functional groups attached to an aromatic ring is 1. The summed E-state index contributed by atoms with van der Waals surface area (Å²) in [6.07, 6.45) is 32.9. The lowest BCUT2D eigenvalue weighted by atomic mass is 9.87. The van der Waals surface area contributed by atoms with Crippen LogP contribution in [0.1, 0.15) is 123 Å². The number of nitrogens with one attached hydrogen (secondary N) is 2. The van der Waals surface area contributed by atoms with Gasteiger partial charge >= 0.3 is 0 Å². The van der Waals surface area contributed by atoms with Gasteiger partial charge in [-0.3, -0.25) is 28.1 Å². The number of aliphatic hydroxyl groups excluding tert-OH is 2. The fourth-order valence-electron chi connectivity index (χ4n) is 7.26. The first-order chi connectivity index (χ1) is 36.6. The Balaban J connectivity index is 1.22. The molecule has 1 aliphatic rings. The standard InChI is InChI=1S/C49H78N7O17P3S/c1-4-5-6-7-8-9-10-11-12-13-14-15-16-17-18-19-20-21-22-23-24-25-26-27-28-29-40(58)77-33-32-51-39(57)30-31-52-47(61)44(60)49(2,3)35-70-76(67,68)73-75(65,66)69-34-38-43(72-74(62,63)64)42(59)48(71-38)56-37-55-41-45(50)53-36-54-46(41)56/h5-6,8-9,11-12,14-15,17-18,28-29,36-38,42-44,48,59-60H,4,7,10,13,16,19-27,30-35H2,1-3H3,(H,51,57)(H,52,61)(H,65,66)(H,67,68)(H2,50,53,54)(H2,62,63,64)/p-4/b6-5-,9-8-,12-11-,15-14-,18-17-,29-28+/t38-,42-,43-,44+,48-/m1/s1. The van der Waals surface area contributed by atoms with E-state index in [-0.39, 0.29) is 41.6 Å². The Labute approximate surface area is 454 Å². The highest BCUT2D eigenvalue weighted by Gasteiger charge is 2.47. The van der Waals surface area contributed by atoms with Crippen molar-refractivity contribution in [3.05, 3.63) is 85.6 Å². The number of thioether (sulfide) groups is 1. The van der Waals surface area contributed by atoms with Gasteiger partial charge in [0.2, 0.25) is 16.9 Å². The summed E-state index contributed by atoms with van der Waals surface area (Å²) in [4.78, 5) is 97.0. The largest absolute Gasteiger partial charge is 0.790 e. The number of phosphoric ester groups is 3. The molecular weight excluding hydrogens is 1080 g/mol. The molecule has 0 aromatic carbocycles. The van der Waals surface area contributed by atoms with Crippen molar-refractivity contribution < 1.29 is 80.5 Å². The summed E-state index contributed by atoms with van der Waals surface area (Å²) in [6, 6.07) is 0. The number of unbranched alkanes of at least 4 members (excludes halogenated alkanes) is 8. The van der Waals surface area contributed by atoms with Gasteiger partial charge < -0.3 is 69.0 Å². The van der Waals surface area contributed by atoms with Gasteiger partial charge in [0.25, 0.3) is 15.6 Å². The number of aromatic nitrogens is 4. The summed E-state index contributed by atoms with van der Waals surface area (Å²) in [5.74, 6) is -1.23. The molecule has 6 N–H and O–H groups in total. The summed E-state index contributed by atoms with van der Waals surface area (Å²) < 4.78 is 60.9. The van der Waals surface area contributed by atoms with Gasteiger partial charge in [0.05, 0.1) is 27.4 Å². The smallest absolute Gasteiger partial charge is 0.274 e. The summed E-state index contributed by atoms with van der Waals surface area (Å²) in [5.41, 5.74) is 4.08. The van der Waals surface area contributed by atoms with Crippen LogP contribution in [-0.4, -0.2) is 103 Å². The van der Waals surface area contributed by atoms with E-state index < -0.39 is 84.6 Å². The molecule has 28 heteroatoms. The van der Waals surface area contributed by atoms with Crippen LogP contribution in [0.3, 0.4) is 0 Å². The number of carbonyl (C=O) groups excluding carboxylic acids is 3. The quantitative estimate of drug-likeness (QED) is 0.0256. The highest BCUT2D eigenvalue weighted by molar-refractivity contribution is 8.14. The molecule has 1 fully saturated rings. The number of fused-ring (bicyclic) bond motifs is 1. The molecule has 2 aromatic rings. The predicted molar refractivity (Wildman–Crippen MR) is 283 cm³/mol. The molecule has 2 aromatic heterocycles.